The number of halogens is 1. The van der Waals surface area contributed by atoms with E-state index in [0.717, 1.165) is 17.5 Å². The maximum Gasteiger partial charge on any atom is 0.408 e. The number of nitrogens with two attached hydrogens (primary N) is 1. The van der Waals surface area contributed by atoms with Crippen LogP contribution in [-0.4, -0.2) is 171 Å². The average molecular weight is 1540 g/mol. The Kier molecular flexibility index (Phi) is 54.3. The van der Waals surface area contributed by atoms with Gasteiger partial charge < -0.3 is 60.6 Å². The number of hydrogen-bond donors (Lipinski definition) is 6. The molecular weight excluding hydrogens is 1420 g/mol. The topological polar surface area (TPSA) is 317 Å². The third-order valence-electron chi connectivity index (χ3n) is 14.3. The van der Waals surface area contributed by atoms with Gasteiger partial charge in [-0.1, -0.05) is 199 Å². The van der Waals surface area contributed by atoms with Crippen molar-refractivity contribution in [2.75, 3.05) is 38.3 Å². The number of aliphatic hydroxyl groups is 2. The smallest absolute Gasteiger partial charge is 0.408 e. The summed E-state index contributed by atoms with van der Waals surface area (Å²) >= 11 is 1.96. The Morgan fingerprint density at radius 2 is 0.902 bits per heavy atom. The van der Waals surface area contributed by atoms with Crippen molar-refractivity contribution in [1.29, 1.82) is 0 Å². The number of nitrogens with zero attached hydrogens (tertiary/aromatic N) is 2. The summed E-state index contributed by atoms with van der Waals surface area (Å²) in [6.07, 6.45) is -0.0120. The Morgan fingerprint density at radius 3 is 1.25 bits per heavy atom. The molecule has 5 amide bonds. The number of alkyl carbamates (subject to hydrolysis) is 3. The fourth-order valence-electron chi connectivity index (χ4n) is 9.51. The fraction of sp³-hybridized carbons (Fsp3) is 0.570. The summed E-state index contributed by atoms with van der Waals surface area (Å²) < 4.78 is 20.2. The lowest BCUT2D eigenvalue weighted by Gasteiger charge is -2.41. The molecule has 2 aliphatic rings. The van der Waals surface area contributed by atoms with Gasteiger partial charge in [0, 0.05) is 61.7 Å². The number of ether oxygens (including phenoxy) is 4. The summed E-state index contributed by atoms with van der Waals surface area (Å²) in [5.41, 5.74) is 8.27. The van der Waals surface area contributed by atoms with Crippen molar-refractivity contribution in [1.82, 2.24) is 25.8 Å². The predicted molar refractivity (Wildman–Crippen MR) is 416 cm³/mol. The Hall–Kier alpha value is -7.61. The summed E-state index contributed by atoms with van der Waals surface area (Å²) in [4.78, 5) is 118. The molecule has 0 aliphatic carbocycles. The van der Waals surface area contributed by atoms with Gasteiger partial charge in [-0.15, -0.1) is 0 Å². The number of likely N-dealkylation sites (tertiary alicyclic amines) is 2. The monoisotopic (exact) mass is 1540 g/mol. The van der Waals surface area contributed by atoms with Gasteiger partial charge in [-0.25, -0.2) is 14.4 Å². The molecular formula is C79H127IN6O16. The first kappa shape index (κ1) is 101. The van der Waals surface area contributed by atoms with Gasteiger partial charge in [0.25, 0.3) is 0 Å². The van der Waals surface area contributed by atoms with Crippen LogP contribution in [0.1, 0.15) is 219 Å². The number of carbonyl (C=O) groups excluding carboxylic acids is 10. The Labute approximate surface area is 624 Å². The van der Waals surface area contributed by atoms with Gasteiger partial charge in [-0.2, -0.15) is 0 Å². The van der Waals surface area contributed by atoms with E-state index >= 15 is 0 Å². The van der Waals surface area contributed by atoms with Gasteiger partial charge in [0.15, 0.2) is 11.6 Å². The predicted octanol–water partition coefficient (Wildman–Crippen LogP) is 13.8. The van der Waals surface area contributed by atoms with Crippen LogP contribution in [0.25, 0.3) is 0 Å². The molecule has 576 valence electrons. The average Bonchev–Trinajstić information content (AvgIpc) is 0.808. The normalized spacial score (nSPS) is 17.2. The second-order valence-corrected chi connectivity index (χ2v) is 26.5. The number of esters is 1. The molecule has 6 rings (SSSR count). The maximum atomic E-state index is 12.5. The van der Waals surface area contributed by atoms with E-state index in [0.29, 0.717) is 29.8 Å². The van der Waals surface area contributed by atoms with Gasteiger partial charge in [0.05, 0.1) is 18.7 Å². The number of benzene rings is 4. The molecule has 0 bridgehead atoms. The van der Waals surface area contributed by atoms with Crippen LogP contribution in [0.3, 0.4) is 0 Å². The lowest BCUT2D eigenvalue weighted by Crippen LogP contribution is -2.57. The van der Waals surface area contributed by atoms with Crippen LogP contribution in [0, 0.1) is 0 Å². The Balaban J connectivity index is -0.000000574. The number of nitrogens with one attached hydrogen (secondary N) is 3. The summed E-state index contributed by atoms with van der Waals surface area (Å²) in [6.45, 7) is 41.2. The molecule has 4 aromatic rings. The molecule has 2 fully saturated rings. The fourth-order valence-corrected chi connectivity index (χ4v) is 10.2. The van der Waals surface area contributed by atoms with Crippen LogP contribution in [0.2, 0.25) is 0 Å². The third kappa shape index (κ3) is 44.0. The zero-order valence-corrected chi connectivity index (χ0v) is 68.0. The number of carbonyl (C=O) groups is 10. The second-order valence-electron chi connectivity index (χ2n) is 25.6. The largest absolute Gasteiger partial charge is 0.466 e. The minimum Gasteiger partial charge on any atom is -0.466 e. The van der Waals surface area contributed by atoms with Crippen molar-refractivity contribution < 1.29 is 77.1 Å². The number of aliphatic hydroxyl groups excluding tert-OH is 2. The quantitative estimate of drug-likeness (QED) is 0.0248. The molecule has 2 aliphatic heterocycles. The van der Waals surface area contributed by atoms with Crippen LogP contribution >= 0.6 is 22.6 Å². The number of likely N-dealkylation sites (N-methyl/N-ethyl adjacent to an activating group) is 2. The van der Waals surface area contributed by atoms with E-state index in [2.05, 4.69) is 51.9 Å². The van der Waals surface area contributed by atoms with Crippen LogP contribution < -0.4 is 21.7 Å². The van der Waals surface area contributed by atoms with Crippen molar-refractivity contribution in [3.05, 3.63) is 144 Å². The molecule has 0 saturated carbocycles. The van der Waals surface area contributed by atoms with Crippen molar-refractivity contribution in [2.45, 2.75) is 256 Å². The highest BCUT2D eigenvalue weighted by atomic mass is 127. The van der Waals surface area contributed by atoms with Crippen molar-refractivity contribution >= 4 is 81.8 Å². The van der Waals surface area contributed by atoms with Gasteiger partial charge >= 0.3 is 24.2 Å². The Bertz CT molecular complexity index is 3000. The molecule has 0 radical (unpaired) electrons. The number of alkyl halides is 1. The minimum atomic E-state index is -1.00. The van der Waals surface area contributed by atoms with Gasteiger partial charge in [0.1, 0.15) is 53.7 Å². The van der Waals surface area contributed by atoms with Gasteiger partial charge in [0.2, 0.25) is 11.8 Å². The second kappa shape index (κ2) is 55.0. The summed E-state index contributed by atoms with van der Waals surface area (Å²) in [7, 11) is 3.62. The molecule has 23 heteroatoms. The molecule has 3 unspecified atom stereocenters. The standard InChI is InChI=1S/C18H26N2O3.C18H25NO5.C13H18N2O.C9H16INO4.C9H10O.C4H8O2.4C2H6/c1-12-14(13-9-7-6-8-10-13)11-15(16(21)20(12)5)19-17(22)23-18(2,3)4;1-12(21)14(13-8-6-5-7-9-13)10-15(16(22)11-20)19-17(23)24-18(2,3)4;1-9-11(10-6-4-3-5-7-10)8-12(14)13(16)15(9)2;1-9(2,3)15-8(14)11-6(4-10)7(13)5-12;1-8(10)7-9-5-3-2-4-6-9;1-3-6-4(2)5;4*1-2/h6-10,12,14-15H,11H2,1-5H3,(H,19,22);5-9,14-15,20H,10-11H2,1-4H3,(H,19,23);3-7,9,11-12H,8,14H2,1-2H3;6,12H,4-5H2,1-3H3,(H,11,14);2-6H,7H2,1H3;3H2,1-2H3;4*1-2H3/t12-,14-,15+;;9-,11-,12+;;;;;;;/m1.1......./s1. The lowest BCUT2D eigenvalue weighted by molar-refractivity contribution is -0.140. The molecule has 0 aromatic heterocycles. The lowest BCUT2D eigenvalue weighted by atomic mass is 9.82. The first-order valence-corrected chi connectivity index (χ1v) is 36.7. The maximum absolute atomic E-state index is 12.5. The van der Waals surface area contributed by atoms with E-state index in [-0.39, 0.29) is 59.8 Å². The minimum absolute atomic E-state index is 0.0553. The summed E-state index contributed by atoms with van der Waals surface area (Å²) in [6, 6.07) is 36.8. The van der Waals surface area contributed by atoms with Gasteiger partial charge in [-0.3, -0.25) is 33.6 Å². The molecule has 9 atom stereocenters. The highest BCUT2D eigenvalue weighted by molar-refractivity contribution is 14.1. The highest BCUT2D eigenvalue weighted by Crippen LogP contribution is 2.34. The van der Waals surface area contributed by atoms with Crippen LogP contribution in [0.5, 0.6) is 0 Å². The van der Waals surface area contributed by atoms with Crippen LogP contribution in [-0.2, 0) is 58.9 Å². The number of piperidine rings is 2. The summed E-state index contributed by atoms with van der Waals surface area (Å²) in [5, 5.41) is 25.4. The molecule has 2 heterocycles. The van der Waals surface area contributed by atoms with Crippen molar-refractivity contribution in [3.63, 3.8) is 0 Å². The van der Waals surface area contributed by atoms with Crippen molar-refractivity contribution in [2.24, 2.45) is 5.73 Å². The number of rotatable bonds is 17. The first-order valence-electron chi connectivity index (χ1n) is 35.2. The number of Topliss-reactive ketones (excluding diaryl/α,β-unsaturated/α-hetero) is 4. The van der Waals surface area contributed by atoms with E-state index in [1.54, 1.807) is 117 Å². The molecule has 2 saturated heterocycles. The zero-order valence-electron chi connectivity index (χ0n) is 65.9. The zero-order chi connectivity index (χ0) is 79.7. The number of ketones is 4. The molecule has 22 nitrogen and oxygen atoms in total. The molecule has 4 aromatic carbocycles. The van der Waals surface area contributed by atoms with Crippen LogP contribution in [0.4, 0.5) is 14.4 Å². The number of amides is 5. The molecule has 102 heavy (non-hydrogen) atoms. The SMILES string of the molecule is CC.CC.CC.CC.CC(=O)C(CC(NC(=O)OC(C)(C)C)C(=O)CO)c1ccccc1.CC(=O)Cc1ccccc1.CC(C)(C)OC(=O)NC(CI)C(=O)CO.CCOC(C)=O.C[C@@H]1[C@H](c2ccccc2)C[C@H](N)C(=O)N1C.C[C@@H]1[C@H](c2ccccc2)C[C@H](NC(=O)OC(C)(C)C)C(=O)N1C. The van der Waals surface area contributed by atoms with E-state index < -0.39 is 83.9 Å². The van der Waals surface area contributed by atoms with Gasteiger partial charge in [-0.05, 0) is 138 Å². The number of hydrogen-bond acceptors (Lipinski definition) is 17. The first-order chi connectivity index (χ1) is 47.8. The van der Waals surface area contributed by atoms with E-state index in [9.17, 15) is 47.9 Å². The van der Waals surface area contributed by atoms with E-state index in [4.69, 9.17) is 30.2 Å². The Morgan fingerprint density at radius 1 is 0.549 bits per heavy atom. The third-order valence-corrected chi connectivity index (χ3v) is 15.2. The molecule has 0 spiro atoms. The summed E-state index contributed by atoms with van der Waals surface area (Å²) in [5.74, 6) is -1.15. The molecule has 7 N–H and O–H groups in total. The highest BCUT2D eigenvalue weighted by Gasteiger charge is 2.40. The van der Waals surface area contributed by atoms with Crippen molar-refractivity contribution in [3.8, 4) is 0 Å². The van der Waals surface area contributed by atoms with E-state index in [1.165, 1.54) is 25.0 Å². The van der Waals surface area contributed by atoms with Crippen LogP contribution in [0.15, 0.2) is 121 Å². The van der Waals surface area contributed by atoms with E-state index in [1.807, 2.05) is 165 Å².